The van der Waals surface area contributed by atoms with Gasteiger partial charge in [-0.2, -0.15) is 5.10 Å². The zero-order chi connectivity index (χ0) is 22.9. The van der Waals surface area contributed by atoms with E-state index in [1.807, 2.05) is 0 Å². The minimum absolute atomic E-state index is 0.0551. The van der Waals surface area contributed by atoms with Crippen molar-refractivity contribution in [3.05, 3.63) is 83.6 Å². The number of benzene rings is 2. The van der Waals surface area contributed by atoms with Crippen molar-refractivity contribution in [1.82, 2.24) is 10.7 Å². The van der Waals surface area contributed by atoms with Crippen LogP contribution in [0.3, 0.4) is 0 Å². The lowest BCUT2D eigenvalue weighted by Crippen LogP contribution is -2.34. The number of halogens is 1. The Bertz CT molecular complexity index is 1140. The van der Waals surface area contributed by atoms with Crippen LogP contribution >= 0.6 is 0 Å². The molecule has 0 aliphatic carbocycles. The lowest BCUT2D eigenvalue weighted by Gasteiger charge is -2.10. The molecule has 0 saturated heterocycles. The van der Waals surface area contributed by atoms with Crippen molar-refractivity contribution in [3.8, 4) is 11.5 Å². The maximum absolute atomic E-state index is 13.3. The lowest BCUT2D eigenvalue weighted by atomic mass is 10.2. The average molecular weight is 439 g/mol. The maximum atomic E-state index is 13.3. The van der Waals surface area contributed by atoms with Crippen LogP contribution in [0.2, 0.25) is 0 Å². The topological polar surface area (TPSA) is 119 Å². The average Bonchev–Trinajstić information content (AvgIpc) is 3.33. The molecule has 1 aromatic heterocycles. The summed E-state index contributed by atoms with van der Waals surface area (Å²) in [4.78, 5) is 35.7. The van der Waals surface area contributed by atoms with Gasteiger partial charge in [0.25, 0.3) is 11.8 Å². The van der Waals surface area contributed by atoms with Crippen LogP contribution in [0.1, 0.15) is 26.5 Å². The highest BCUT2D eigenvalue weighted by molar-refractivity contribution is 5.94. The van der Waals surface area contributed by atoms with Crippen molar-refractivity contribution in [2.45, 2.75) is 0 Å². The van der Waals surface area contributed by atoms with E-state index in [1.54, 1.807) is 12.1 Å². The van der Waals surface area contributed by atoms with Crippen LogP contribution in [-0.4, -0.2) is 37.7 Å². The standard InChI is InChI=1S/C22H18FN3O6/c1-30-19-10-14(7-8-17(19)32-22(29)15-4-2-5-16(23)11-15)12-25-26-20(27)13-24-21(28)18-6-3-9-31-18/h2-12H,13H2,1H3,(H,24,28)(H,26,27)/b25-12+. The van der Waals surface area contributed by atoms with E-state index in [9.17, 15) is 18.8 Å². The summed E-state index contributed by atoms with van der Waals surface area (Å²) in [6, 6.07) is 12.7. The predicted octanol–water partition coefficient (Wildman–Crippen LogP) is 2.53. The first-order valence-electron chi connectivity index (χ1n) is 9.25. The molecule has 3 rings (SSSR count). The van der Waals surface area contributed by atoms with E-state index in [4.69, 9.17) is 13.9 Å². The third-order valence-electron chi connectivity index (χ3n) is 4.01. The number of amides is 2. The number of nitrogens with zero attached hydrogens (tertiary/aromatic N) is 1. The van der Waals surface area contributed by atoms with E-state index in [2.05, 4.69) is 15.8 Å². The number of hydrogen-bond acceptors (Lipinski definition) is 7. The molecule has 0 radical (unpaired) electrons. The smallest absolute Gasteiger partial charge is 0.343 e. The van der Waals surface area contributed by atoms with Crippen LogP contribution in [-0.2, 0) is 4.79 Å². The summed E-state index contributed by atoms with van der Waals surface area (Å²) >= 11 is 0. The number of carbonyl (C=O) groups excluding carboxylic acids is 3. The van der Waals surface area contributed by atoms with Gasteiger partial charge in [-0.1, -0.05) is 6.07 Å². The van der Waals surface area contributed by atoms with Gasteiger partial charge in [-0.15, -0.1) is 0 Å². The van der Waals surface area contributed by atoms with E-state index in [1.165, 1.54) is 56.0 Å². The minimum Gasteiger partial charge on any atom is -0.493 e. The Morgan fingerprint density at radius 1 is 1.09 bits per heavy atom. The second-order valence-electron chi connectivity index (χ2n) is 6.26. The van der Waals surface area contributed by atoms with Crippen LogP contribution in [0, 0.1) is 5.82 Å². The largest absolute Gasteiger partial charge is 0.493 e. The molecule has 0 aliphatic rings. The van der Waals surface area contributed by atoms with E-state index < -0.39 is 23.6 Å². The molecule has 2 N–H and O–H groups in total. The normalized spacial score (nSPS) is 10.6. The van der Waals surface area contributed by atoms with Gasteiger partial charge in [0, 0.05) is 0 Å². The van der Waals surface area contributed by atoms with Gasteiger partial charge in [0.05, 0.1) is 31.7 Å². The first kappa shape index (κ1) is 22.2. The number of methoxy groups -OCH3 is 1. The molecule has 0 saturated carbocycles. The first-order chi connectivity index (χ1) is 15.5. The van der Waals surface area contributed by atoms with Crippen LogP contribution < -0.4 is 20.2 Å². The van der Waals surface area contributed by atoms with Gasteiger partial charge in [-0.05, 0) is 54.1 Å². The van der Waals surface area contributed by atoms with E-state index in [0.29, 0.717) is 5.56 Å². The molecule has 0 atom stereocenters. The zero-order valence-electron chi connectivity index (χ0n) is 16.8. The Labute approximate surface area is 181 Å². The highest BCUT2D eigenvalue weighted by Crippen LogP contribution is 2.28. The fraction of sp³-hybridized carbons (Fsp3) is 0.0909. The molecular formula is C22H18FN3O6. The molecule has 0 aliphatic heterocycles. The Balaban J connectivity index is 1.55. The number of furan rings is 1. The van der Waals surface area contributed by atoms with Crippen LogP contribution in [0.4, 0.5) is 4.39 Å². The number of ether oxygens (including phenoxy) is 2. The molecule has 10 heteroatoms. The molecule has 2 aromatic carbocycles. The van der Waals surface area contributed by atoms with Gasteiger partial charge >= 0.3 is 5.97 Å². The molecule has 0 bridgehead atoms. The van der Waals surface area contributed by atoms with Gasteiger partial charge in [0.15, 0.2) is 17.3 Å². The highest BCUT2D eigenvalue weighted by atomic mass is 19.1. The second-order valence-corrected chi connectivity index (χ2v) is 6.26. The Morgan fingerprint density at radius 2 is 1.94 bits per heavy atom. The Hall–Kier alpha value is -4.47. The van der Waals surface area contributed by atoms with Crippen molar-refractivity contribution in [2.24, 2.45) is 5.10 Å². The molecule has 9 nitrogen and oxygen atoms in total. The summed E-state index contributed by atoms with van der Waals surface area (Å²) in [5.41, 5.74) is 2.86. The highest BCUT2D eigenvalue weighted by Gasteiger charge is 2.14. The van der Waals surface area contributed by atoms with E-state index in [0.717, 1.165) is 6.07 Å². The van der Waals surface area contributed by atoms with Gasteiger partial charge in [-0.3, -0.25) is 9.59 Å². The predicted molar refractivity (Wildman–Crippen MR) is 111 cm³/mol. The fourth-order valence-corrected chi connectivity index (χ4v) is 2.50. The van der Waals surface area contributed by atoms with Crippen molar-refractivity contribution < 1.29 is 32.7 Å². The monoisotopic (exact) mass is 439 g/mol. The molecule has 0 spiro atoms. The van der Waals surface area contributed by atoms with Crippen LogP contribution in [0.5, 0.6) is 11.5 Å². The third kappa shape index (κ3) is 6.02. The van der Waals surface area contributed by atoms with Crippen molar-refractivity contribution in [3.63, 3.8) is 0 Å². The molecule has 3 aromatic rings. The SMILES string of the molecule is COc1cc(/C=N/NC(=O)CNC(=O)c2ccco2)ccc1OC(=O)c1cccc(F)c1. The Kier molecular flexibility index (Phi) is 7.31. The molecule has 0 unspecified atom stereocenters. The van der Waals surface area contributed by atoms with Gasteiger partial charge in [0.2, 0.25) is 0 Å². The number of hydrogen-bond donors (Lipinski definition) is 2. The molecular weight excluding hydrogens is 421 g/mol. The van der Waals surface area contributed by atoms with Crippen molar-refractivity contribution in [2.75, 3.05) is 13.7 Å². The number of carbonyl (C=O) groups is 3. The quantitative estimate of drug-likeness (QED) is 0.241. The maximum Gasteiger partial charge on any atom is 0.343 e. The van der Waals surface area contributed by atoms with E-state index in [-0.39, 0.29) is 29.4 Å². The summed E-state index contributed by atoms with van der Waals surface area (Å²) in [7, 11) is 1.39. The van der Waals surface area contributed by atoms with Gasteiger partial charge < -0.3 is 19.2 Å². The summed E-state index contributed by atoms with van der Waals surface area (Å²) < 4.78 is 28.7. The Morgan fingerprint density at radius 3 is 2.66 bits per heavy atom. The summed E-state index contributed by atoms with van der Waals surface area (Å²) in [5.74, 6) is -1.92. The molecule has 164 valence electrons. The van der Waals surface area contributed by atoms with Crippen LogP contribution in [0.25, 0.3) is 0 Å². The molecule has 2 amide bonds. The van der Waals surface area contributed by atoms with Crippen molar-refractivity contribution in [1.29, 1.82) is 0 Å². The number of nitrogens with one attached hydrogen (secondary N) is 2. The van der Waals surface area contributed by atoms with Crippen molar-refractivity contribution >= 4 is 24.0 Å². The lowest BCUT2D eigenvalue weighted by molar-refractivity contribution is -0.120. The second kappa shape index (κ2) is 10.5. The molecule has 0 fully saturated rings. The zero-order valence-corrected chi connectivity index (χ0v) is 16.8. The number of rotatable bonds is 8. The van der Waals surface area contributed by atoms with E-state index >= 15 is 0 Å². The van der Waals surface area contributed by atoms with Gasteiger partial charge in [-0.25, -0.2) is 14.6 Å². The summed E-state index contributed by atoms with van der Waals surface area (Å²) in [5, 5.41) is 6.19. The number of hydrazone groups is 1. The van der Waals surface area contributed by atoms with Gasteiger partial charge in [0.1, 0.15) is 5.82 Å². The summed E-state index contributed by atoms with van der Waals surface area (Å²) in [6.45, 7) is -0.296. The third-order valence-corrected chi connectivity index (χ3v) is 4.01. The first-order valence-corrected chi connectivity index (χ1v) is 9.25. The number of esters is 1. The molecule has 32 heavy (non-hydrogen) atoms. The van der Waals surface area contributed by atoms with Crippen LogP contribution in [0.15, 0.2) is 70.4 Å². The molecule has 1 heterocycles. The minimum atomic E-state index is -0.743. The summed E-state index contributed by atoms with van der Waals surface area (Å²) in [6.07, 6.45) is 2.69. The fourth-order valence-electron chi connectivity index (χ4n) is 2.50.